The summed E-state index contributed by atoms with van der Waals surface area (Å²) in [7, 11) is 3.70. The fourth-order valence-corrected chi connectivity index (χ4v) is 1.64. The highest BCUT2D eigenvalue weighted by Crippen LogP contribution is 2.21. The third kappa shape index (κ3) is 4.03. The Morgan fingerprint density at radius 1 is 1.24 bits per heavy atom. The van der Waals surface area contributed by atoms with Crippen LogP contribution >= 0.6 is 0 Å². The summed E-state index contributed by atoms with van der Waals surface area (Å²) in [4.78, 5) is 14.5. The maximum absolute atomic E-state index is 9.15. The van der Waals surface area contributed by atoms with Crippen molar-refractivity contribution in [3.05, 3.63) is 29.8 Å². The first kappa shape index (κ1) is 15.0. The first-order chi connectivity index (χ1) is 10.1. The van der Waals surface area contributed by atoms with E-state index in [1.807, 2.05) is 27.1 Å². The second kappa shape index (κ2) is 6.85. The Kier molecular flexibility index (Phi) is 4.89. The van der Waals surface area contributed by atoms with Gasteiger partial charge in [0, 0.05) is 20.6 Å². The predicted octanol–water partition coefficient (Wildman–Crippen LogP) is 1.65. The van der Waals surface area contributed by atoms with Gasteiger partial charge in [0.25, 0.3) is 0 Å². The Morgan fingerprint density at radius 2 is 2.05 bits per heavy atom. The molecule has 1 heterocycles. The summed E-state index contributed by atoms with van der Waals surface area (Å²) in [5, 5.41) is 12.2. The summed E-state index contributed by atoms with van der Waals surface area (Å²) in [6.07, 6.45) is 0. The summed E-state index contributed by atoms with van der Waals surface area (Å²) in [6.45, 7) is 2.63. The molecule has 0 amide bonds. The van der Waals surface area contributed by atoms with Gasteiger partial charge in [-0.3, -0.25) is 0 Å². The molecular formula is C14H19N5O2. The van der Waals surface area contributed by atoms with E-state index >= 15 is 0 Å². The predicted molar refractivity (Wildman–Crippen MR) is 80.8 cm³/mol. The van der Waals surface area contributed by atoms with Crippen molar-refractivity contribution in [2.24, 2.45) is 0 Å². The maximum atomic E-state index is 9.15. The van der Waals surface area contributed by atoms with E-state index in [-0.39, 0.29) is 12.6 Å². The number of hydrogen-bond acceptors (Lipinski definition) is 7. The fraction of sp³-hybridized carbons (Fsp3) is 0.357. The largest absolute Gasteiger partial charge is 0.424 e. The topological polar surface area (TPSA) is 83.4 Å². The monoisotopic (exact) mass is 289 g/mol. The second-order valence-corrected chi connectivity index (χ2v) is 4.57. The molecule has 0 aliphatic carbocycles. The zero-order chi connectivity index (χ0) is 15.2. The molecule has 2 rings (SSSR count). The van der Waals surface area contributed by atoms with Crippen LogP contribution in [0.4, 0.5) is 11.9 Å². The van der Waals surface area contributed by atoms with Gasteiger partial charge in [-0.1, -0.05) is 12.1 Å². The van der Waals surface area contributed by atoms with E-state index in [0.29, 0.717) is 24.2 Å². The summed E-state index contributed by atoms with van der Waals surface area (Å²) >= 11 is 0. The summed E-state index contributed by atoms with van der Waals surface area (Å²) < 4.78 is 5.66. The van der Waals surface area contributed by atoms with Gasteiger partial charge in [-0.25, -0.2) is 0 Å². The van der Waals surface area contributed by atoms with Crippen molar-refractivity contribution in [2.45, 2.75) is 13.5 Å². The lowest BCUT2D eigenvalue weighted by molar-refractivity contribution is 0.281. The Morgan fingerprint density at radius 3 is 2.71 bits per heavy atom. The number of aliphatic hydroxyl groups is 1. The lowest BCUT2D eigenvalue weighted by atomic mass is 10.2. The average molecular weight is 289 g/mol. The Hall–Kier alpha value is -2.41. The van der Waals surface area contributed by atoms with E-state index in [9.17, 15) is 0 Å². The fourth-order valence-electron chi connectivity index (χ4n) is 1.64. The molecule has 0 bridgehead atoms. The van der Waals surface area contributed by atoms with Gasteiger partial charge in [-0.15, -0.1) is 0 Å². The van der Waals surface area contributed by atoms with Crippen LogP contribution < -0.4 is 15.0 Å². The van der Waals surface area contributed by atoms with Gasteiger partial charge in [0.1, 0.15) is 5.75 Å². The number of nitrogens with one attached hydrogen (secondary N) is 1. The zero-order valence-corrected chi connectivity index (χ0v) is 12.4. The number of rotatable bonds is 6. The summed E-state index contributed by atoms with van der Waals surface area (Å²) in [5.41, 5.74) is 0.765. The van der Waals surface area contributed by atoms with Gasteiger partial charge in [-0.05, 0) is 24.6 Å². The van der Waals surface area contributed by atoms with Crippen molar-refractivity contribution < 1.29 is 9.84 Å². The van der Waals surface area contributed by atoms with Gasteiger partial charge in [-0.2, -0.15) is 15.0 Å². The molecule has 0 unspecified atom stereocenters. The first-order valence-electron chi connectivity index (χ1n) is 6.67. The quantitative estimate of drug-likeness (QED) is 0.836. The van der Waals surface area contributed by atoms with Crippen LogP contribution in [0.2, 0.25) is 0 Å². The summed E-state index contributed by atoms with van der Waals surface area (Å²) in [5.74, 6) is 1.54. The van der Waals surface area contributed by atoms with Crippen molar-refractivity contribution in [1.82, 2.24) is 15.0 Å². The molecule has 21 heavy (non-hydrogen) atoms. The minimum atomic E-state index is -0.0417. The van der Waals surface area contributed by atoms with Crippen molar-refractivity contribution in [3.8, 4) is 11.8 Å². The van der Waals surface area contributed by atoms with Crippen LogP contribution in [0, 0.1) is 0 Å². The molecule has 0 aliphatic rings. The molecule has 1 aromatic heterocycles. The van der Waals surface area contributed by atoms with E-state index in [4.69, 9.17) is 9.84 Å². The molecule has 2 N–H and O–H groups in total. The number of anilines is 2. The third-order valence-electron chi connectivity index (χ3n) is 2.63. The van der Waals surface area contributed by atoms with Crippen LogP contribution in [-0.2, 0) is 6.61 Å². The Labute approximate surface area is 123 Å². The number of benzene rings is 1. The zero-order valence-electron chi connectivity index (χ0n) is 12.4. The van der Waals surface area contributed by atoms with Crippen LogP contribution in [-0.4, -0.2) is 40.7 Å². The number of hydrogen-bond donors (Lipinski definition) is 2. The molecule has 0 aliphatic heterocycles. The van der Waals surface area contributed by atoms with Crippen molar-refractivity contribution >= 4 is 11.9 Å². The highest BCUT2D eigenvalue weighted by Gasteiger charge is 2.09. The maximum Gasteiger partial charge on any atom is 0.328 e. The van der Waals surface area contributed by atoms with Gasteiger partial charge >= 0.3 is 6.01 Å². The molecule has 0 spiro atoms. The highest BCUT2D eigenvalue weighted by molar-refractivity contribution is 5.38. The smallest absolute Gasteiger partial charge is 0.328 e. The molecule has 112 valence electrons. The van der Waals surface area contributed by atoms with Gasteiger partial charge in [0.2, 0.25) is 11.9 Å². The minimum Gasteiger partial charge on any atom is -0.424 e. The van der Waals surface area contributed by atoms with Crippen molar-refractivity contribution in [1.29, 1.82) is 0 Å². The lowest BCUT2D eigenvalue weighted by Gasteiger charge is -2.13. The molecule has 0 saturated heterocycles. The third-order valence-corrected chi connectivity index (χ3v) is 2.63. The van der Waals surface area contributed by atoms with Gasteiger partial charge in [0.05, 0.1) is 6.61 Å². The van der Waals surface area contributed by atoms with Crippen LogP contribution in [0.3, 0.4) is 0 Å². The number of nitrogens with zero attached hydrogens (tertiary/aromatic N) is 4. The highest BCUT2D eigenvalue weighted by atomic mass is 16.5. The molecule has 0 fully saturated rings. The Balaban J connectivity index is 2.29. The SMILES string of the molecule is CCNc1nc(Oc2cccc(CO)c2)nc(N(C)C)n1. The number of aromatic nitrogens is 3. The molecule has 0 atom stereocenters. The van der Waals surface area contributed by atoms with Gasteiger partial charge in [0.15, 0.2) is 0 Å². The van der Waals surface area contributed by atoms with Crippen molar-refractivity contribution in [2.75, 3.05) is 30.9 Å². The van der Waals surface area contributed by atoms with Crippen LogP contribution in [0.1, 0.15) is 12.5 Å². The van der Waals surface area contributed by atoms with Crippen LogP contribution in [0.15, 0.2) is 24.3 Å². The molecular weight excluding hydrogens is 270 g/mol. The van der Waals surface area contributed by atoms with E-state index < -0.39 is 0 Å². The van der Waals surface area contributed by atoms with Crippen molar-refractivity contribution in [3.63, 3.8) is 0 Å². The van der Waals surface area contributed by atoms with E-state index in [0.717, 1.165) is 5.56 Å². The lowest BCUT2D eigenvalue weighted by Crippen LogP contribution is -2.15. The second-order valence-electron chi connectivity index (χ2n) is 4.57. The van der Waals surface area contributed by atoms with E-state index in [1.54, 1.807) is 23.1 Å². The molecule has 0 saturated carbocycles. The number of ether oxygens (including phenoxy) is 1. The standard InChI is InChI=1S/C14H19N5O2/c1-4-15-12-16-13(19(2)3)18-14(17-12)21-11-7-5-6-10(8-11)9-20/h5-8,20H,4,9H2,1-3H3,(H,15,16,17,18). The van der Waals surface area contributed by atoms with Gasteiger partial charge < -0.3 is 20.1 Å². The van der Waals surface area contributed by atoms with E-state index in [2.05, 4.69) is 20.3 Å². The molecule has 1 aromatic carbocycles. The molecule has 2 aromatic rings. The minimum absolute atomic E-state index is 0.0417. The van der Waals surface area contributed by atoms with E-state index in [1.165, 1.54) is 0 Å². The molecule has 7 nitrogen and oxygen atoms in total. The number of aliphatic hydroxyl groups excluding tert-OH is 1. The summed E-state index contributed by atoms with van der Waals surface area (Å²) in [6, 6.07) is 7.35. The first-order valence-corrected chi connectivity index (χ1v) is 6.67. The average Bonchev–Trinajstić information content (AvgIpc) is 2.47. The molecule has 0 radical (unpaired) electrons. The van der Waals surface area contributed by atoms with Crippen LogP contribution in [0.25, 0.3) is 0 Å². The van der Waals surface area contributed by atoms with Crippen LogP contribution in [0.5, 0.6) is 11.8 Å². The normalized spacial score (nSPS) is 10.3. The Bertz CT molecular complexity index is 604. The molecule has 7 heteroatoms.